The molecule has 0 aromatic heterocycles. The van der Waals surface area contributed by atoms with Crippen molar-refractivity contribution in [2.24, 2.45) is 0 Å². The van der Waals surface area contributed by atoms with Gasteiger partial charge < -0.3 is 5.11 Å². The summed E-state index contributed by atoms with van der Waals surface area (Å²) in [5.74, 6) is -0.920. The first-order valence-corrected chi connectivity index (χ1v) is 6.96. The minimum Gasteiger partial charge on any atom is -0.478 e. The van der Waals surface area contributed by atoms with Gasteiger partial charge in [-0.25, -0.2) is 4.79 Å². The van der Waals surface area contributed by atoms with E-state index >= 15 is 0 Å². The molecule has 0 atom stereocenters. The Bertz CT molecular complexity index is 622. The second kappa shape index (κ2) is 7.85. The first-order chi connectivity index (χ1) is 10.3. The number of rotatable bonds is 6. The van der Waals surface area contributed by atoms with E-state index in [2.05, 4.69) is 36.4 Å². The van der Waals surface area contributed by atoms with Crippen molar-refractivity contribution in [3.63, 3.8) is 0 Å². The van der Waals surface area contributed by atoms with E-state index in [1.165, 1.54) is 16.7 Å². The zero-order valence-corrected chi connectivity index (χ0v) is 11.8. The number of hydrogen-bond acceptors (Lipinski definition) is 1. The molecule has 0 amide bonds. The van der Waals surface area contributed by atoms with Crippen molar-refractivity contribution in [1.82, 2.24) is 0 Å². The van der Waals surface area contributed by atoms with Crippen molar-refractivity contribution in [2.45, 2.75) is 12.8 Å². The van der Waals surface area contributed by atoms with Crippen molar-refractivity contribution in [2.75, 3.05) is 0 Å². The third kappa shape index (κ3) is 5.11. The molecule has 2 rings (SSSR count). The number of carboxylic acids is 1. The van der Waals surface area contributed by atoms with Crippen LogP contribution in [0.2, 0.25) is 0 Å². The van der Waals surface area contributed by atoms with Gasteiger partial charge in [0.05, 0.1) is 0 Å². The molecule has 0 aliphatic rings. The molecule has 2 heteroatoms. The van der Waals surface area contributed by atoms with Gasteiger partial charge in [-0.15, -0.1) is 0 Å². The molecule has 2 nitrogen and oxygen atoms in total. The van der Waals surface area contributed by atoms with Gasteiger partial charge in [0.2, 0.25) is 0 Å². The van der Waals surface area contributed by atoms with Gasteiger partial charge >= 0.3 is 5.97 Å². The lowest BCUT2D eigenvalue weighted by molar-refractivity contribution is -0.131. The maximum absolute atomic E-state index is 10.3. The summed E-state index contributed by atoms with van der Waals surface area (Å²) < 4.78 is 0. The maximum atomic E-state index is 10.3. The van der Waals surface area contributed by atoms with Crippen LogP contribution in [0, 0.1) is 0 Å². The number of hydrogen-bond donors (Lipinski definition) is 1. The first-order valence-electron chi connectivity index (χ1n) is 6.96. The predicted octanol–water partition coefficient (Wildman–Crippen LogP) is 4.48. The van der Waals surface area contributed by atoms with Gasteiger partial charge in [-0.1, -0.05) is 72.8 Å². The van der Waals surface area contributed by atoms with Crippen molar-refractivity contribution in [1.29, 1.82) is 0 Å². The number of carbonyl (C=O) groups is 1. The Morgan fingerprint density at radius 3 is 2.24 bits per heavy atom. The number of aryl methyl sites for hydroxylation is 1. The largest absolute Gasteiger partial charge is 0.478 e. The molecule has 0 aliphatic carbocycles. The molecule has 0 fully saturated rings. The van der Waals surface area contributed by atoms with Crippen LogP contribution in [-0.2, 0) is 11.2 Å². The van der Waals surface area contributed by atoms with Gasteiger partial charge in [0.25, 0.3) is 0 Å². The van der Waals surface area contributed by atoms with Crippen LogP contribution >= 0.6 is 0 Å². The number of carboxylic acid groups (broad SMARTS) is 1. The summed E-state index contributed by atoms with van der Waals surface area (Å²) in [4.78, 5) is 10.3. The van der Waals surface area contributed by atoms with E-state index < -0.39 is 5.97 Å². The Morgan fingerprint density at radius 1 is 0.905 bits per heavy atom. The third-order valence-electron chi connectivity index (χ3n) is 3.15. The van der Waals surface area contributed by atoms with Crippen molar-refractivity contribution in [3.8, 4) is 11.1 Å². The summed E-state index contributed by atoms with van der Waals surface area (Å²) in [5, 5.41) is 8.45. The average molecular weight is 278 g/mol. The highest BCUT2D eigenvalue weighted by Gasteiger charge is 1.96. The zero-order valence-electron chi connectivity index (χ0n) is 11.8. The molecular weight excluding hydrogens is 260 g/mol. The van der Waals surface area contributed by atoms with Crippen LogP contribution in [0.3, 0.4) is 0 Å². The lowest BCUT2D eigenvalue weighted by Crippen LogP contribution is -1.85. The van der Waals surface area contributed by atoms with Crippen LogP contribution in [0.1, 0.15) is 12.0 Å². The molecule has 0 aliphatic heterocycles. The van der Waals surface area contributed by atoms with E-state index in [1.807, 2.05) is 24.3 Å². The van der Waals surface area contributed by atoms with E-state index in [0.29, 0.717) is 0 Å². The molecule has 0 saturated carbocycles. The maximum Gasteiger partial charge on any atom is 0.328 e. The first kappa shape index (κ1) is 14.8. The Hall–Kier alpha value is -2.61. The van der Waals surface area contributed by atoms with Crippen LogP contribution in [0.5, 0.6) is 0 Å². The molecule has 106 valence electrons. The van der Waals surface area contributed by atoms with Crippen LogP contribution in [-0.4, -0.2) is 11.1 Å². The van der Waals surface area contributed by atoms with E-state index in [9.17, 15) is 4.79 Å². The summed E-state index contributed by atoms with van der Waals surface area (Å²) in [6.07, 6.45) is 8.27. The minimum atomic E-state index is -0.920. The topological polar surface area (TPSA) is 37.3 Å². The second-order valence-corrected chi connectivity index (χ2v) is 4.73. The van der Waals surface area contributed by atoms with Crippen LogP contribution in [0.4, 0.5) is 0 Å². The monoisotopic (exact) mass is 278 g/mol. The summed E-state index contributed by atoms with van der Waals surface area (Å²) in [7, 11) is 0. The predicted molar refractivity (Wildman–Crippen MR) is 86.1 cm³/mol. The van der Waals surface area contributed by atoms with Crippen molar-refractivity contribution >= 4 is 5.97 Å². The molecule has 21 heavy (non-hydrogen) atoms. The molecule has 0 saturated heterocycles. The van der Waals surface area contributed by atoms with Gasteiger partial charge in [0, 0.05) is 6.08 Å². The second-order valence-electron chi connectivity index (χ2n) is 4.73. The van der Waals surface area contributed by atoms with Gasteiger partial charge in [0.1, 0.15) is 0 Å². The van der Waals surface area contributed by atoms with Crippen molar-refractivity contribution in [3.05, 3.63) is 84.5 Å². The standard InChI is InChI=1S/C19H18O2/c20-19(21)11-7-2-1-4-8-16-12-14-18(15-13-16)17-9-5-3-6-10-17/h1-3,5-7,9-15H,4,8H2,(H,20,21). The fourth-order valence-corrected chi connectivity index (χ4v) is 2.06. The molecule has 2 aromatic carbocycles. The molecule has 0 heterocycles. The smallest absolute Gasteiger partial charge is 0.328 e. The Labute approximate surface area is 125 Å². The number of aliphatic carboxylic acids is 1. The normalized spacial score (nSPS) is 11.2. The SMILES string of the molecule is O=C(O)C=CC=CCCc1ccc(-c2ccccc2)cc1. The molecule has 0 unspecified atom stereocenters. The summed E-state index contributed by atoms with van der Waals surface area (Å²) in [5.41, 5.74) is 3.73. The Balaban J connectivity index is 1.87. The molecular formula is C19H18O2. The van der Waals surface area contributed by atoms with Crippen LogP contribution < -0.4 is 0 Å². The fourth-order valence-electron chi connectivity index (χ4n) is 2.06. The van der Waals surface area contributed by atoms with Gasteiger partial charge in [-0.2, -0.15) is 0 Å². The quantitative estimate of drug-likeness (QED) is 0.624. The van der Waals surface area contributed by atoms with Crippen LogP contribution in [0.15, 0.2) is 78.9 Å². The number of allylic oxidation sites excluding steroid dienone is 3. The average Bonchev–Trinajstić information content (AvgIpc) is 2.52. The Morgan fingerprint density at radius 2 is 1.57 bits per heavy atom. The Kier molecular flexibility index (Phi) is 5.53. The summed E-state index contributed by atoms with van der Waals surface area (Å²) in [6, 6.07) is 18.9. The molecule has 0 bridgehead atoms. The number of benzene rings is 2. The van der Waals surface area contributed by atoms with E-state index in [-0.39, 0.29) is 0 Å². The highest BCUT2D eigenvalue weighted by atomic mass is 16.4. The summed E-state index contributed by atoms with van der Waals surface area (Å²) >= 11 is 0. The van der Waals surface area contributed by atoms with Crippen molar-refractivity contribution < 1.29 is 9.90 Å². The molecule has 1 N–H and O–H groups in total. The van der Waals surface area contributed by atoms with Gasteiger partial charge in [-0.05, 0) is 29.5 Å². The highest BCUT2D eigenvalue weighted by Crippen LogP contribution is 2.19. The lowest BCUT2D eigenvalue weighted by atomic mass is 10.0. The van der Waals surface area contributed by atoms with Gasteiger partial charge in [-0.3, -0.25) is 0 Å². The molecule has 2 aromatic rings. The fraction of sp³-hybridized carbons (Fsp3) is 0.105. The van der Waals surface area contributed by atoms with E-state index in [0.717, 1.165) is 18.9 Å². The lowest BCUT2D eigenvalue weighted by Gasteiger charge is -2.03. The minimum absolute atomic E-state index is 0.897. The highest BCUT2D eigenvalue weighted by molar-refractivity contribution is 5.80. The van der Waals surface area contributed by atoms with Crippen LogP contribution in [0.25, 0.3) is 11.1 Å². The molecule has 0 radical (unpaired) electrons. The van der Waals surface area contributed by atoms with Gasteiger partial charge in [0.15, 0.2) is 0 Å². The third-order valence-corrected chi connectivity index (χ3v) is 3.15. The van der Waals surface area contributed by atoms with E-state index in [4.69, 9.17) is 5.11 Å². The summed E-state index contributed by atoms with van der Waals surface area (Å²) in [6.45, 7) is 0. The van der Waals surface area contributed by atoms with E-state index in [1.54, 1.807) is 12.2 Å². The molecule has 0 spiro atoms. The zero-order chi connectivity index (χ0) is 14.9.